The van der Waals surface area contributed by atoms with Crippen molar-refractivity contribution < 1.29 is 9.59 Å². The maximum absolute atomic E-state index is 11.9. The number of hydrogen-bond donors (Lipinski definition) is 0. The van der Waals surface area contributed by atoms with Crippen molar-refractivity contribution in [1.29, 1.82) is 0 Å². The van der Waals surface area contributed by atoms with Crippen LogP contribution in [0.5, 0.6) is 0 Å². The SMILES string of the molecule is CC(=O)c1ccc2c(c1)C(=Cc1ccc(Cl)cc1)c1cc(C(C)=O)ccc1-2. The number of benzene rings is 3. The van der Waals surface area contributed by atoms with Gasteiger partial charge in [-0.3, -0.25) is 9.59 Å². The Morgan fingerprint density at radius 3 is 1.63 bits per heavy atom. The summed E-state index contributed by atoms with van der Waals surface area (Å²) in [7, 11) is 0. The van der Waals surface area contributed by atoms with Crippen LogP contribution in [-0.4, -0.2) is 11.6 Å². The van der Waals surface area contributed by atoms with E-state index in [0.717, 1.165) is 33.4 Å². The number of rotatable bonds is 3. The van der Waals surface area contributed by atoms with Crippen LogP contribution in [0.25, 0.3) is 22.8 Å². The molecule has 0 unspecified atom stereocenters. The molecule has 0 amide bonds. The van der Waals surface area contributed by atoms with Crippen LogP contribution in [0.1, 0.15) is 51.3 Å². The van der Waals surface area contributed by atoms with Gasteiger partial charge in [-0.15, -0.1) is 0 Å². The summed E-state index contributed by atoms with van der Waals surface area (Å²) < 4.78 is 0. The molecule has 3 aromatic carbocycles. The van der Waals surface area contributed by atoms with Crippen molar-refractivity contribution in [3.63, 3.8) is 0 Å². The second-order valence-corrected chi connectivity index (χ2v) is 7.18. The highest BCUT2D eigenvalue weighted by molar-refractivity contribution is 6.30. The zero-order valence-corrected chi connectivity index (χ0v) is 15.8. The van der Waals surface area contributed by atoms with E-state index < -0.39 is 0 Å². The lowest BCUT2D eigenvalue weighted by atomic mass is 9.97. The van der Waals surface area contributed by atoms with E-state index in [1.807, 2.05) is 60.7 Å². The maximum Gasteiger partial charge on any atom is 0.159 e. The predicted octanol–water partition coefficient (Wildman–Crippen LogP) is 6.31. The van der Waals surface area contributed by atoms with Crippen LogP contribution in [0.4, 0.5) is 0 Å². The zero-order chi connectivity index (χ0) is 19.1. The Kier molecular flexibility index (Phi) is 4.29. The lowest BCUT2D eigenvalue weighted by Crippen LogP contribution is -1.94. The maximum atomic E-state index is 11.9. The third-order valence-electron chi connectivity index (χ3n) is 4.90. The first-order valence-corrected chi connectivity index (χ1v) is 9.10. The molecule has 3 heteroatoms. The predicted molar refractivity (Wildman–Crippen MR) is 110 cm³/mol. The third kappa shape index (κ3) is 3.13. The van der Waals surface area contributed by atoms with Gasteiger partial charge in [0.15, 0.2) is 11.6 Å². The standard InChI is InChI=1S/C24H17ClO2/c1-14(26)17-5-9-20-21-10-6-18(15(2)27)13-24(21)22(23(20)12-17)11-16-3-7-19(25)8-4-16/h3-13H,1-2H3. The van der Waals surface area contributed by atoms with E-state index in [-0.39, 0.29) is 11.6 Å². The molecular weight excluding hydrogens is 356 g/mol. The van der Waals surface area contributed by atoms with Crippen molar-refractivity contribution in [2.75, 3.05) is 0 Å². The molecule has 0 aliphatic heterocycles. The molecule has 0 bridgehead atoms. The lowest BCUT2D eigenvalue weighted by molar-refractivity contribution is 0.100. The van der Waals surface area contributed by atoms with Crippen LogP contribution < -0.4 is 0 Å². The van der Waals surface area contributed by atoms with Gasteiger partial charge in [0.25, 0.3) is 0 Å². The molecule has 0 heterocycles. The van der Waals surface area contributed by atoms with Crippen LogP contribution >= 0.6 is 11.6 Å². The van der Waals surface area contributed by atoms with Gasteiger partial charge < -0.3 is 0 Å². The molecule has 2 nitrogen and oxygen atoms in total. The molecule has 0 radical (unpaired) electrons. The Hall–Kier alpha value is -2.97. The minimum absolute atomic E-state index is 0.0315. The fourth-order valence-electron chi connectivity index (χ4n) is 3.47. The number of Topliss-reactive ketones (excluding diaryl/α,β-unsaturated/α-hetero) is 2. The van der Waals surface area contributed by atoms with E-state index in [4.69, 9.17) is 11.6 Å². The highest BCUT2D eigenvalue weighted by Gasteiger charge is 2.25. The molecule has 0 fully saturated rings. The van der Waals surface area contributed by atoms with Crippen LogP contribution in [0.3, 0.4) is 0 Å². The number of halogens is 1. The Morgan fingerprint density at radius 2 is 1.19 bits per heavy atom. The van der Waals surface area contributed by atoms with Crippen LogP contribution in [-0.2, 0) is 0 Å². The van der Waals surface area contributed by atoms with Crippen molar-refractivity contribution in [2.24, 2.45) is 0 Å². The molecule has 27 heavy (non-hydrogen) atoms. The summed E-state index contributed by atoms with van der Waals surface area (Å²) >= 11 is 6.01. The van der Waals surface area contributed by atoms with Gasteiger partial charge in [0.05, 0.1) is 0 Å². The van der Waals surface area contributed by atoms with Crippen molar-refractivity contribution in [3.05, 3.63) is 93.5 Å². The second-order valence-electron chi connectivity index (χ2n) is 6.74. The third-order valence-corrected chi connectivity index (χ3v) is 5.16. The minimum Gasteiger partial charge on any atom is -0.295 e. The van der Waals surface area contributed by atoms with Crippen molar-refractivity contribution in [2.45, 2.75) is 13.8 Å². The van der Waals surface area contributed by atoms with Crippen LogP contribution in [0.2, 0.25) is 5.02 Å². The molecule has 132 valence electrons. The van der Waals surface area contributed by atoms with E-state index >= 15 is 0 Å². The summed E-state index contributed by atoms with van der Waals surface area (Å²) in [6.45, 7) is 3.14. The molecule has 0 aromatic heterocycles. The van der Waals surface area contributed by atoms with Gasteiger partial charge in [0, 0.05) is 16.1 Å². The van der Waals surface area contributed by atoms with Gasteiger partial charge in [0.1, 0.15) is 0 Å². The molecule has 3 aromatic rings. The smallest absolute Gasteiger partial charge is 0.159 e. The van der Waals surface area contributed by atoms with Crippen LogP contribution in [0, 0.1) is 0 Å². The molecule has 0 saturated carbocycles. The summed E-state index contributed by atoms with van der Waals surface area (Å²) in [4.78, 5) is 23.8. The van der Waals surface area contributed by atoms with Gasteiger partial charge in [-0.05, 0) is 77.6 Å². The summed E-state index contributed by atoms with van der Waals surface area (Å²) in [5, 5.41) is 0.683. The minimum atomic E-state index is 0.0315. The van der Waals surface area contributed by atoms with E-state index in [2.05, 4.69) is 6.08 Å². The van der Waals surface area contributed by atoms with Gasteiger partial charge in [0.2, 0.25) is 0 Å². The van der Waals surface area contributed by atoms with E-state index in [1.54, 1.807) is 13.8 Å². The molecule has 1 aliphatic rings. The van der Waals surface area contributed by atoms with E-state index in [0.29, 0.717) is 16.1 Å². The fourth-order valence-corrected chi connectivity index (χ4v) is 3.59. The van der Waals surface area contributed by atoms with E-state index in [1.165, 1.54) is 0 Å². The summed E-state index contributed by atoms with van der Waals surface area (Å²) in [5.41, 5.74) is 7.53. The first-order valence-electron chi connectivity index (χ1n) is 8.72. The number of carbonyl (C=O) groups is 2. The Balaban J connectivity index is 1.97. The zero-order valence-electron chi connectivity index (χ0n) is 15.0. The Bertz CT molecular complexity index is 1060. The molecule has 0 atom stereocenters. The number of ketones is 2. The second kappa shape index (κ2) is 6.64. The number of hydrogen-bond acceptors (Lipinski definition) is 2. The first kappa shape index (κ1) is 17.4. The molecule has 4 rings (SSSR count). The normalized spacial score (nSPS) is 11.7. The van der Waals surface area contributed by atoms with Gasteiger partial charge >= 0.3 is 0 Å². The van der Waals surface area contributed by atoms with Gasteiger partial charge in [-0.1, -0.05) is 48.0 Å². The largest absolute Gasteiger partial charge is 0.295 e. The van der Waals surface area contributed by atoms with Crippen molar-refractivity contribution in [1.82, 2.24) is 0 Å². The van der Waals surface area contributed by atoms with Gasteiger partial charge in [-0.2, -0.15) is 0 Å². The Morgan fingerprint density at radius 1 is 0.704 bits per heavy atom. The summed E-state index contributed by atoms with van der Waals surface area (Å²) in [6, 6.07) is 19.2. The molecule has 0 saturated heterocycles. The quantitative estimate of drug-likeness (QED) is 0.394. The molecule has 0 N–H and O–H groups in total. The topological polar surface area (TPSA) is 34.1 Å². The first-order chi connectivity index (χ1) is 12.9. The molecule has 1 aliphatic carbocycles. The summed E-state index contributed by atoms with van der Waals surface area (Å²) in [6.07, 6.45) is 2.08. The van der Waals surface area contributed by atoms with Crippen molar-refractivity contribution in [3.8, 4) is 11.1 Å². The monoisotopic (exact) mass is 372 g/mol. The highest BCUT2D eigenvalue weighted by atomic mass is 35.5. The van der Waals surface area contributed by atoms with Gasteiger partial charge in [-0.25, -0.2) is 0 Å². The Labute approximate surface area is 163 Å². The average molecular weight is 373 g/mol. The van der Waals surface area contributed by atoms with E-state index in [9.17, 15) is 9.59 Å². The molecular formula is C24H17ClO2. The average Bonchev–Trinajstić information content (AvgIpc) is 2.96. The number of fused-ring (bicyclic) bond motifs is 3. The molecule has 0 spiro atoms. The fraction of sp³-hybridized carbons (Fsp3) is 0.0833. The highest BCUT2D eigenvalue weighted by Crippen LogP contribution is 2.45. The number of carbonyl (C=O) groups excluding carboxylic acids is 2. The summed E-state index contributed by atoms with van der Waals surface area (Å²) in [5.74, 6) is 0.0630. The van der Waals surface area contributed by atoms with Crippen molar-refractivity contribution >= 4 is 34.8 Å². The van der Waals surface area contributed by atoms with Crippen LogP contribution in [0.15, 0.2) is 60.7 Å². The lowest BCUT2D eigenvalue weighted by Gasteiger charge is -2.06.